The van der Waals surface area contributed by atoms with Crippen LogP contribution < -0.4 is 15.4 Å². The van der Waals surface area contributed by atoms with E-state index >= 15 is 0 Å². The van der Waals surface area contributed by atoms with Crippen molar-refractivity contribution >= 4 is 11.6 Å². The number of hydrogen-bond acceptors (Lipinski definition) is 4. The molecule has 2 aliphatic heterocycles. The molecule has 1 aromatic carbocycles. The van der Waals surface area contributed by atoms with E-state index in [1.165, 1.54) is 0 Å². The van der Waals surface area contributed by atoms with E-state index in [9.17, 15) is 4.79 Å². The highest BCUT2D eigenvalue weighted by Gasteiger charge is 2.41. The van der Waals surface area contributed by atoms with Crippen molar-refractivity contribution in [2.75, 3.05) is 31.8 Å². The van der Waals surface area contributed by atoms with Gasteiger partial charge in [0.2, 0.25) is 5.91 Å². The van der Waals surface area contributed by atoms with E-state index in [0.29, 0.717) is 32.6 Å². The highest BCUT2D eigenvalue weighted by Crippen LogP contribution is 2.38. The number of nitrogens with zero attached hydrogens (tertiary/aromatic N) is 1. The van der Waals surface area contributed by atoms with Crippen LogP contribution in [0.3, 0.4) is 0 Å². The average Bonchev–Trinajstić information content (AvgIpc) is 2.53. The molecule has 5 heteroatoms. The van der Waals surface area contributed by atoms with Gasteiger partial charge in [0.1, 0.15) is 11.3 Å². The minimum Gasteiger partial charge on any atom is -0.495 e. The number of anilines is 1. The normalized spacial score (nSPS) is 20.8. The van der Waals surface area contributed by atoms with Gasteiger partial charge in [-0.05, 0) is 37.3 Å². The number of carbonyl (C=O) groups excluding carboxylic acids is 1. The Morgan fingerprint density at radius 3 is 2.86 bits per heavy atom. The van der Waals surface area contributed by atoms with Gasteiger partial charge in [-0.2, -0.15) is 0 Å². The summed E-state index contributed by atoms with van der Waals surface area (Å²) in [5.74, 6) is 0.743. The van der Waals surface area contributed by atoms with Crippen LogP contribution in [-0.2, 0) is 16.0 Å². The molecule has 5 nitrogen and oxygen atoms in total. The molecule has 1 saturated heterocycles. The molecule has 0 spiro atoms. The second kappa shape index (κ2) is 5.66. The molecule has 0 atom stereocenters. The molecular formula is C16H22N2O3. The number of hydrogen-bond donors (Lipinski definition) is 1. The third-order valence-electron chi connectivity index (χ3n) is 4.46. The minimum atomic E-state index is -0.812. The lowest BCUT2D eigenvalue weighted by molar-refractivity contribution is -0.127. The lowest BCUT2D eigenvalue weighted by Gasteiger charge is -2.39. The summed E-state index contributed by atoms with van der Waals surface area (Å²) in [7, 11) is 1.64. The van der Waals surface area contributed by atoms with Gasteiger partial charge in [-0.1, -0.05) is 12.1 Å². The molecule has 0 aliphatic carbocycles. The SMILES string of the molecule is COc1cccc2c1N(C(=O)C1(N)CCOCC1)CCC2. The number of nitrogens with two attached hydrogens (primary N) is 1. The second-order valence-corrected chi connectivity index (χ2v) is 5.80. The van der Waals surface area contributed by atoms with Crippen molar-refractivity contribution < 1.29 is 14.3 Å². The first-order valence-corrected chi connectivity index (χ1v) is 7.50. The van der Waals surface area contributed by atoms with Crippen LogP contribution in [0.15, 0.2) is 18.2 Å². The standard InChI is InChI=1S/C16H22N2O3/c1-20-13-6-2-4-12-5-3-9-18(14(12)13)15(19)16(17)7-10-21-11-8-16/h2,4,6H,3,5,7-11,17H2,1H3. The summed E-state index contributed by atoms with van der Waals surface area (Å²) in [4.78, 5) is 14.8. The Labute approximate surface area is 125 Å². The highest BCUT2D eigenvalue weighted by atomic mass is 16.5. The van der Waals surface area contributed by atoms with E-state index in [4.69, 9.17) is 15.2 Å². The molecule has 114 valence electrons. The van der Waals surface area contributed by atoms with Crippen LogP contribution in [0.2, 0.25) is 0 Å². The van der Waals surface area contributed by atoms with Crippen molar-refractivity contribution in [3.63, 3.8) is 0 Å². The zero-order valence-corrected chi connectivity index (χ0v) is 12.4. The zero-order chi connectivity index (χ0) is 14.9. The maximum atomic E-state index is 13.0. The highest BCUT2D eigenvalue weighted by molar-refractivity contribution is 6.02. The molecule has 0 saturated carbocycles. The number of para-hydroxylation sites is 1. The first kappa shape index (κ1) is 14.4. The number of amides is 1. The third-order valence-corrected chi connectivity index (χ3v) is 4.46. The smallest absolute Gasteiger partial charge is 0.247 e. The number of methoxy groups -OCH3 is 1. The molecule has 1 amide bonds. The summed E-state index contributed by atoms with van der Waals surface area (Å²) in [5, 5.41) is 0. The molecule has 0 aromatic heterocycles. The number of carbonyl (C=O) groups is 1. The van der Waals surface area contributed by atoms with Crippen molar-refractivity contribution in [1.82, 2.24) is 0 Å². The predicted molar refractivity (Wildman–Crippen MR) is 80.6 cm³/mol. The van der Waals surface area contributed by atoms with Crippen LogP contribution in [-0.4, -0.2) is 38.3 Å². The maximum absolute atomic E-state index is 13.0. The number of ether oxygens (including phenoxy) is 2. The summed E-state index contributed by atoms with van der Waals surface area (Å²) in [6, 6.07) is 5.93. The largest absolute Gasteiger partial charge is 0.495 e. The molecule has 1 fully saturated rings. The van der Waals surface area contributed by atoms with E-state index in [0.717, 1.165) is 29.8 Å². The topological polar surface area (TPSA) is 64.8 Å². The van der Waals surface area contributed by atoms with Crippen molar-refractivity contribution in [2.24, 2.45) is 5.73 Å². The molecule has 0 bridgehead atoms. The Kier molecular flexibility index (Phi) is 3.87. The Morgan fingerprint density at radius 2 is 2.14 bits per heavy atom. The molecule has 3 rings (SSSR count). The molecule has 1 aromatic rings. The quantitative estimate of drug-likeness (QED) is 0.896. The van der Waals surface area contributed by atoms with E-state index in [1.54, 1.807) is 7.11 Å². The van der Waals surface area contributed by atoms with Crippen LogP contribution in [0.4, 0.5) is 5.69 Å². The van der Waals surface area contributed by atoms with Gasteiger partial charge < -0.3 is 20.1 Å². The number of benzene rings is 1. The fourth-order valence-electron chi connectivity index (χ4n) is 3.20. The van der Waals surface area contributed by atoms with E-state index in [1.807, 2.05) is 17.0 Å². The van der Waals surface area contributed by atoms with Gasteiger partial charge in [-0.3, -0.25) is 4.79 Å². The van der Waals surface area contributed by atoms with Gasteiger partial charge in [-0.15, -0.1) is 0 Å². The third kappa shape index (κ3) is 2.51. The van der Waals surface area contributed by atoms with Crippen molar-refractivity contribution in [3.05, 3.63) is 23.8 Å². The Morgan fingerprint density at radius 1 is 1.38 bits per heavy atom. The van der Waals surface area contributed by atoms with Crippen molar-refractivity contribution in [2.45, 2.75) is 31.2 Å². The van der Waals surface area contributed by atoms with Gasteiger partial charge in [0, 0.05) is 19.8 Å². The van der Waals surface area contributed by atoms with Crippen LogP contribution in [0.1, 0.15) is 24.8 Å². The number of rotatable bonds is 2. The monoisotopic (exact) mass is 290 g/mol. The number of aryl methyl sites for hydroxylation is 1. The zero-order valence-electron chi connectivity index (χ0n) is 12.4. The van der Waals surface area contributed by atoms with E-state index in [2.05, 4.69) is 6.07 Å². The van der Waals surface area contributed by atoms with Gasteiger partial charge in [0.15, 0.2) is 0 Å². The summed E-state index contributed by atoms with van der Waals surface area (Å²) in [6.45, 7) is 1.80. The summed E-state index contributed by atoms with van der Waals surface area (Å²) >= 11 is 0. The van der Waals surface area contributed by atoms with Gasteiger partial charge in [0.05, 0.1) is 12.8 Å². The van der Waals surface area contributed by atoms with E-state index in [-0.39, 0.29) is 5.91 Å². The first-order valence-electron chi connectivity index (χ1n) is 7.50. The van der Waals surface area contributed by atoms with Crippen LogP contribution in [0.5, 0.6) is 5.75 Å². The molecular weight excluding hydrogens is 268 g/mol. The van der Waals surface area contributed by atoms with Gasteiger partial charge >= 0.3 is 0 Å². The molecule has 2 aliphatic rings. The summed E-state index contributed by atoms with van der Waals surface area (Å²) in [6.07, 6.45) is 3.08. The number of fused-ring (bicyclic) bond motifs is 1. The Balaban J connectivity index is 1.96. The van der Waals surface area contributed by atoms with Gasteiger partial charge in [-0.25, -0.2) is 0 Å². The summed E-state index contributed by atoms with van der Waals surface area (Å²) < 4.78 is 10.8. The molecule has 0 unspecified atom stereocenters. The average molecular weight is 290 g/mol. The molecule has 2 N–H and O–H groups in total. The Hall–Kier alpha value is -1.59. The lowest BCUT2D eigenvalue weighted by atomic mass is 9.88. The van der Waals surface area contributed by atoms with Crippen molar-refractivity contribution in [3.8, 4) is 5.75 Å². The molecule has 21 heavy (non-hydrogen) atoms. The first-order chi connectivity index (χ1) is 10.2. The fraction of sp³-hybridized carbons (Fsp3) is 0.562. The molecule has 0 radical (unpaired) electrons. The Bertz CT molecular complexity index is 524. The summed E-state index contributed by atoms with van der Waals surface area (Å²) in [5.41, 5.74) is 7.61. The fourth-order valence-corrected chi connectivity index (χ4v) is 3.20. The van der Waals surface area contributed by atoms with E-state index < -0.39 is 5.54 Å². The molecule has 2 heterocycles. The predicted octanol–water partition coefficient (Wildman–Crippen LogP) is 1.48. The van der Waals surface area contributed by atoms with Crippen LogP contribution in [0.25, 0.3) is 0 Å². The second-order valence-electron chi connectivity index (χ2n) is 5.80. The van der Waals surface area contributed by atoms with Crippen LogP contribution in [0, 0.1) is 0 Å². The lowest BCUT2D eigenvalue weighted by Crippen LogP contribution is -2.59. The minimum absolute atomic E-state index is 0.00347. The van der Waals surface area contributed by atoms with Gasteiger partial charge in [0.25, 0.3) is 0 Å². The maximum Gasteiger partial charge on any atom is 0.247 e. The van der Waals surface area contributed by atoms with Crippen LogP contribution >= 0.6 is 0 Å². The van der Waals surface area contributed by atoms with Crippen molar-refractivity contribution in [1.29, 1.82) is 0 Å².